The minimum atomic E-state index is -0.255. The summed E-state index contributed by atoms with van der Waals surface area (Å²) in [6, 6.07) is 18.4. The number of rotatable bonds is 4. The molecule has 0 unspecified atom stereocenters. The highest BCUT2D eigenvalue weighted by atomic mass is 16.2. The van der Waals surface area contributed by atoms with E-state index in [-0.39, 0.29) is 11.8 Å². The molecule has 2 amide bonds. The van der Waals surface area contributed by atoms with Crippen LogP contribution in [0.1, 0.15) is 26.3 Å². The van der Waals surface area contributed by atoms with E-state index in [2.05, 4.69) is 21.7 Å². The van der Waals surface area contributed by atoms with E-state index in [0.717, 1.165) is 5.56 Å². The van der Waals surface area contributed by atoms with Gasteiger partial charge >= 0.3 is 0 Å². The zero-order valence-electron chi connectivity index (χ0n) is 13.6. The number of carbonyl (C=O) groups excluding carboxylic acids is 2. The zero-order chi connectivity index (χ0) is 17.6. The molecule has 2 aromatic carbocycles. The molecule has 1 radical (unpaired) electrons. The highest BCUT2D eigenvalue weighted by Gasteiger charge is 2.12. The SMILES string of the molecule is Cc1ccc(NC(=O)c2c[c]ccc2)cc1C(=O)Nc1cccnc1. The zero-order valence-corrected chi connectivity index (χ0v) is 13.6. The number of hydrogen-bond donors (Lipinski definition) is 2. The molecule has 1 aromatic heterocycles. The van der Waals surface area contributed by atoms with E-state index in [9.17, 15) is 9.59 Å². The summed E-state index contributed by atoms with van der Waals surface area (Å²) in [4.78, 5) is 28.7. The second-order valence-corrected chi connectivity index (χ2v) is 5.47. The van der Waals surface area contributed by atoms with Gasteiger partial charge in [-0.2, -0.15) is 0 Å². The summed E-state index contributed by atoms with van der Waals surface area (Å²) in [5.74, 6) is -0.506. The van der Waals surface area contributed by atoms with Gasteiger partial charge in [0.1, 0.15) is 0 Å². The maximum atomic E-state index is 12.5. The number of benzene rings is 2. The molecular formula is C20H16N3O2. The second-order valence-electron chi connectivity index (χ2n) is 5.47. The summed E-state index contributed by atoms with van der Waals surface area (Å²) < 4.78 is 0. The molecule has 5 nitrogen and oxygen atoms in total. The Bertz CT molecular complexity index is 893. The standard InChI is InChI=1S/C20H16N3O2/c1-14-9-10-16(22-19(24)15-6-3-2-4-7-15)12-18(14)20(25)23-17-8-5-11-21-13-17/h2-3,5-13H,1H3,(H,22,24)(H,23,25). The number of aromatic nitrogens is 1. The summed E-state index contributed by atoms with van der Waals surface area (Å²) in [6.07, 6.45) is 3.21. The fourth-order valence-electron chi connectivity index (χ4n) is 2.32. The highest BCUT2D eigenvalue weighted by molar-refractivity contribution is 6.08. The van der Waals surface area contributed by atoms with Crippen LogP contribution in [0.25, 0.3) is 0 Å². The van der Waals surface area contributed by atoms with Gasteiger partial charge in [0.25, 0.3) is 11.8 Å². The lowest BCUT2D eigenvalue weighted by Gasteiger charge is -2.11. The first-order valence-corrected chi connectivity index (χ1v) is 7.73. The van der Waals surface area contributed by atoms with Crippen molar-refractivity contribution < 1.29 is 9.59 Å². The lowest BCUT2D eigenvalue weighted by Crippen LogP contribution is -2.16. The lowest BCUT2D eigenvalue weighted by molar-refractivity contribution is 0.101. The fourth-order valence-corrected chi connectivity index (χ4v) is 2.32. The van der Waals surface area contributed by atoms with Gasteiger partial charge in [-0.15, -0.1) is 0 Å². The van der Waals surface area contributed by atoms with Crippen LogP contribution in [-0.4, -0.2) is 16.8 Å². The largest absolute Gasteiger partial charge is 0.322 e. The Balaban J connectivity index is 1.78. The monoisotopic (exact) mass is 330 g/mol. The number of nitrogens with zero attached hydrogens (tertiary/aromatic N) is 1. The number of nitrogens with one attached hydrogen (secondary N) is 2. The van der Waals surface area contributed by atoms with Crippen molar-refractivity contribution in [2.24, 2.45) is 0 Å². The molecule has 5 heteroatoms. The molecule has 0 aliphatic rings. The molecule has 0 saturated heterocycles. The first-order valence-electron chi connectivity index (χ1n) is 7.73. The van der Waals surface area contributed by atoms with Crippen molar-refractivity contribution in [1.29, 1.82) is 0 Å². The molecule has 0 atom stereocenters. The van der Waals surface area contributed by atoms with Crippen LogP contribution in [0, 0.1) is 13.0 Å². The predicted octanol–water partition coefficient (Wildman–Crippen LogP) is 3.69. The number of anilines is 2. The highest BCUT2D eigenvalue weighted by Crippen LogP contribution is 2.18. The normalized spacial score (nSPS) is 10.1. The summed E-state index contributed by atoms with van der Waals surface area (Å²) in [6.45, 7) is 1.84. The van der Waals surface area contributed by atoms with Crippen molar-refractivity contribution in [3.63, 3.8) is 0 Å². The molecule has 123 valence electrons. The molecule has 2 N–H and O–H groups in total. The van der Waals surface area contributed by atoms with Gasteiger partial charge in [0.15, 0.2) is 0 Å². The molecule has 3 rings (SSSR count). The minimum Gasteiger partial charge on any atom is -0.322 e. The Labute approximate surface area is 145 Å². The van der Waals surface area contributed by atoms with Crippen LogP contribution in [-0.2, 0) is 0 Å². The Hall–Kier alpha value is -3.47. The Kier molecular flexibility index (Phi) is 4.85. The van der Waals surface area contributed by atoms with Crippen LogP contribution in [0.5, 0.6) is 0 Å². The quantitative estimate of drug-likeness (QED) is 0.766. The molecule has 25 heavy (non-hydrogen) atoms. The molecule has 0 aliphatic heterocycles. The van der Waals surface area contributed by atoms with Crippen LogP contribution in [0.3, 0.4) is 0 Å². The second kappa shape index (κ2) is 7.40. The van der Waals surface area contributed by atoms with Crippen LogP contribution < -0.4 is 10.6 Å². The maximum Gasteiger partial charge on any atom is 0.256 e. The van der Waals surface area contributed by atoms with E-state index in [1.807, 2.05) is 6.92 Å². The summed E-state index contributed by atoms with van der Waals surface area (Å²) in [5.41, 5.74) is 2.97. The summed E-state index contributed by atoms with van der Waals surface area (Å²) >= 11 is 0. The van der Waals surface area contributed by atoms with E-state index in [4.69, 9.17) is 0 Å². The molecule has 1 heterocycles. The third kappa shape index (κ3) is 4.09. The topological polar surface area (TPSA) is 71.1 Å². The Morgan fingerprint density at radius 2 is 1.84 bits per heavy atom. The molecule has 3 aromatic rings. The molecule has 0 spiro atoms. The average Bonchev–Trinajstić information content (AvgIpc) is 2.64. The predicted molar refractivity (Wildman–Crippen MR) is 96.6 cm³/mol. The van der Waals surface area contributed by atoms with E-state index >= 15 is 0 Å². The minimum absolute atomic E-state index is 0.251. The fraction of sp³-hybridized carbons (Fsp3) is 0.0500. The van der Waals surface area contributed by atoms with Crippen LogP contribution in [0.2, 0.25) is 0 Å². The number of amides is 2. The van der Waals surface area contributed by atoms with Crippen LogP contribution >= 0.6 is 0 Å². The molecule has 0 saturated carbocycles. The third-order valence-electron chi connectivity index (χ3n) is 3.63. The Morgan fingerprint density at radius 1 is 1.00 bits per heavy atom. The number of aryl methyl sites for hydroxylation is 1. The van der Waals surface area contributed by atoms with Gasteiger partial charge in [-0.1, -0.05) is 18.2 Å². The molecule has 0 fully saturated rings. The number of pyridine rings is 1. The van der Waals surface area contributed by atoms with Gasteiger partial charge in [-0.3, -0.25) is 14.6 Å². The van der Waals surface area contributed by atoms with Gasteiger partial charge in [0.05, 0.1) is 11.9 Å². The lowest BCUT2D eigenvalue weighted by atomic mass is 10.1. The molecule has 0 aliphatic carbocycles. The van der Waals surface area contributed by atoms with E-state index in [1.54, 1.807) is 67.0 Å². The third-order valence-corrected chi connectivity index (χ3v) is 3.63. The number of hydrogen-bond acceptors (Lipinski definition) is 3. The van der Waals surface area contributed by atoms with Gasteiger partial charge < -0.3 is 10.6 Å². The van der Waals surface area contributed by atoms with Gasteiger partial charge in [-0.25, -0.2) is 0 Å². The van der Waals surface area contributed by atoms with E-state index in [1.165, 1.54) is 0 Å². The van der Waals surface area contributed by atoms with Crippen molar-refractivity contribution in [2.75, 3.05) is 10.6 Å². The smallest absolute Gasteiger partial charge is 0.256 e. The van der Waals surface area contributed by atoms with E-state index in [0.29, 0.717) is 22.5 Å². The first kappa shape index (κ1) is 16.4. The average molecular weight is 330 g/mol. The van der Waals surface area contributed by atoms with Crippen molar-refractivity contribution in [3.05, 3.63) is 89.7 Å². The summed E-state index contributed by atoms with van der Waals surface area (Å²) in [5, 5.41) is 5.59. The first-order chi connectivity index (χ1) is 12.1. The van der Waals surface area contributed by atoms with Crippen molar-refractivity contribution >= 4 is 23.2 Å². The van der Waals surface area contributed by atoms with Crippen molar-refractivity contribution in [1.82, 2.24) is 4.98 Å². The van der Waals surface area contributed by atoms with E-state index < -0.39 is 0 Å². The molecule has 0 bridgehead atoms. The van der Waals surface area contributed by atoms with Crippen LogP contribution in [0.15, 0.2) is 67.0 Å². The van der Waals surface area contributed by atoms with Crippen molar-refractivity contribution in [3.8, 4) is 0 Å². The van der Waals surface area contributed by atoms with Crippen LogP contribution in [0.4, 0.5) is 11.4 Å². The maximum absolute atomic E-state index is 12.5. The summed E-state index contributed by atoms with van der Waals surface area (Å²) in [7, 11) is 0. The molecular weight excluding hydrogens is 314 g/mol. The van der Waals surface area contributed by atoms with Crippen molar-refractivity contribution in [2.45, 2.75) is 6.92 Å². The van der Waals surface area contributed by atoms with Gasteiger partial charge in [0.2, 0.25) is 0 Å². The van der Waals surface area contributed by atoms with Gasteiger partial charge in [-0.05, 0) is 55.0 Å². The van der Waals surface area contributed by atoms with Gasteiger partial charge in [0, 0.05) is 23.0 Å². The number of carbonyl (C=O) groups is 2. The Morgan fingerprint density at radius 3 is 2.56 bits per heavy atom.